The molecule has 0 aliphatic carbocycles. The molecule has 5 heteroatoms. The van der Waals surface area contributed by atoms with Crippen LogP contribution in [0.25, 0.3) is 0 Å². The van der Waals surface area contributed by atoms with Crippen LogP contribution in [0.3, 0.4) is 0 Å². The van der Waals surface area contributed by atoms with Crippen molar-refractivity contribution >= 4 is 23.4 Å². The van der Waals surface area contributed by atoms with Crippen molar-refractivity contribution in [1.29, 1.82) is 5.26 Å². The molecular weight excluding hydrogens is 294 g/mol. The molecule has 20 heavy (non-hydrogen) atoms. The van der Waals surface area contributed by atoms with Crippen LogP contribution in [0, 0.1) is 11.3 Å². The van der Waals surface area contributed by atoms with Crippen molar-refractivity contribution in [2.75, 3.05) is 13.2 Å². The Kier molecular flexibility index (Phi) is 3.72. The Bertz CT molecular complexity index is 697. The first-order chi connectivity index (χ1) is 9.76. The van der Waals surface area contributed by atoms with Crippen LogP contribution >= 0.6 is 23.4 Å². The highest BCUT2D eigenvalue weighted by Crippen LogP contribution is 2.38. The molecule has 1 aliphatic rings. The molecule has 0 atom stereocenters. The van der Waals surface area contributed by atoms with Gasteiger partial charge in [-0.15, -0.1) is 0 Å². The van der Waals surface area contributed by atoms with Crippen molar-refractivity contribution in [3.05, 3.63) is 47.0 Å². The van der Waals surface area contributed by atoms with E-state index >= 15 is 0 Å². The topological polar surface area (TPSA) is 42.2 Å². The first-order valence-electron chi connectivity index (χ1n) is 6.03. The maximum Gasteiger partial charge on any atom is 0.162 e. The average molecular weight is 304 g/mol. The second kappa shape index (κ2) is 5.66. The lowest BCUT2D eigenvalue weighted by atomic mass is 10.2. The molecular formula is C15H10ClNO2S. The number of fused-ring (bicyclic) bond motifs is 1. The van der Waals surface area contributed by atoms with Crippen LogP contribution in [-0.4, -0.2) is 13.2 Å². The zero-order valence-corrected chi connectivity index (χ0v) is 12.0. The molecule has 1 heterocycles. The SMILES string of the molecule is N#Cc1cc(Cl)ccc1Sc1ccc2c(c1)OCCO2. The van der Waals surface area contributed by atoms with Gasteiger partial charge in [-0.2, -0.15) is 5.26 Å². The summed E-state index contributed by atoms with van der Waals surface area (Å²) in [6.07, 6.45) is 0. The summed E-state index contributed by atoms with van der Waals surface area (Å²) in [6, 6.07) is 13.2. The van der Waals surface area contributed by atoms with Gasteiger partial charge < -0.3 is 9.47 Å². The minimum absolute atomic E-state index is 0.561. The number of ether oxygens (including phenoxy) is 2. The molecule has 1 aliphatic heterocycles. The predicted molar refractivity (Wildman–Crippen MR) is 77.7 cm³/mol. The lowest BCUT2D eigenvalue weighted by Crippen LogP contribution is -2.15. The highest BCUT2D eigenvalue weighted by Gasteiger charge is 2.13. The van der Waals surface area contributed by atoms with Gasteiger partial charge in [0.25, 0.3) is 0 Å². The number of hydrogen-bond donors (Lipinski definition) is 0. The third-order valence-electron chi connectivity index (χ3n) is 2.80. The summed E-state index contributed by atoms with van der Waals surface area (Å²) < 4.78 is 11.0. The van der Waals surface area contributed by atoms with Gasteiger partial charge in [-0.3, -0.25) is 0 Å². The zero-order chi connectivity index (χ0) is 13.9. The molecule has 0 saturated carbocycles. The molecule has 0 saturated heterocycles. The average Bonchev–Trinajstić information content (AvgIpc) is 2.49. The molecule has 2 aromatic rings. The minimum atomic E-state index is 0.561. The fraction of sp³-hybridized carbons (Fsp3) is 0.133. The fourth-order valence-electron chi connectivity index (χ4n) is 1.89. The highest BCUT2D eigenvalue weighted by atomic mass is 35.5. The number of rotatable bonds is 2. The minimum Gasteiger partial charge on any atom is -0.486 e. The lowest BCUT2D eigenvalue weighted by molar-refractivity contribution is 0.171. The number of nitrogens with zero attached hydrogens (tertiary/aromatic N) is 1. The van der Waals surface area contributed by atoms with Crippen molar-refractivity contribution in [1.82, 2.24) is 0 Å². The third-order valence-corrected chi connectivity index (χ3v) is 4.10. The van der Waals surface area contributed by atoms with E-state index in [0.29, 0.717) is 23.8 Å². The largest absolute Gasteiger partial charge is 0.486 e. The van der Waals surface area contributed by atoms with Crippen molar-refractivity contribution in [2.24, 2.45) is 0 Å². The second-order valence-corrected chi connectivity index (χ2v) is 5.71. The Labute approximate surface area is 126 Å². The molecule has 0 fully saturated rings. The molecule has 0 bridgehead atoms. The smallest absolute Gasteiger partial charge is 0.162 e. The monoisotopic (exact) mass is 303 g/mol. The van der Waals surface area contributed by atoms with E-state index in [0.717, 1.165) is 21.3 Å². The van der Waals surface area contributed by atoms with Gasteiger partial charge in [-0.05, 0) is 36.4 Å². The van der Waals surface area contributed by atoms with Gasteiger partial charge in [0.15, 0.2) is 11.5 Å². The maximum absolute atomic E-state index is 9.15. The molecule has 100 valence electrons. The van der Waals surface area contributed by atoms with E-state index in [2.05, 4.69) is 6.07 Å². The molecule has 3 rings (SSSR count). The fourth-order valence-corrected chi connectivity index (χ4v) is 2.97. The molecule has 3 nitrogen and oxygen atoms in total. The summed E-state index contributed by atoms with van der Waals surface area (Å²) in [4.78, 5) is 1.86. The molecule has 0 amide bonds. The number of hydrogen-bond acceptors (Lipinski definition) is 4. The van der Waals surface area contributed by atoms with Gasteiger partial charge in [-0.25, -0.2) is 0 Å². The van der Waals surface area contributed by atoms with E-state index in [-0.39, 0.29) is 0 Å². The molecule has 2 aromatic carbocycles. The van der Waals surface area contributed by atoms with Crippen LogP contribution in [0.5, 0.6) is 11.5 Å². The normalized spacial score (nSPS) is 12.8. The molecule has 0 spiro atoms. The van der Waals surface area contributed by atoms with Crippen LogP contribution in [0.1, 0.15) is 5.56 Å². The number of benzene rings is 2. The van der Waals surface area contributed by atoms with E-state index in [1.165, 1.54) is 11.8 Å². The standard InChI is InChI=1S/C15H10ClNO2S/c16-11-1-4-15(10(7-11)9-17)20-12-2-3-13-14(8-12)19-6-5-18-13/h1-4,7-8H,5-6H2. The third kappa shape index (κ3) is 2.69. The highest BCUT2D eigenvalue weighted by molar-refractivity contribution is 7.99. The van der Waals surface area contributed by atoms with Gasteiger partial charge in [0.1, 0.15) is 19.3 Å². The quantitative estimate of drug-likeness (QED) is 0.836. The Balaban J connectivity index is 1.90. The summed E-state index contributed by atoms with van der Waals surface area (Å²) in [5.41, 5.74) is 0.567. The first kappa shape index (κ1) is 13.2. The van der Waals surface area contributed by atoms with Crippen LogP contribution in [-0.2, 0) is 0 Å². The lowest BCUT2D eigenvalue weighted by Gasteiger charge is -2.18. The second-order valence-electron chi connectivity index (χ2n) is 4.16. The van der Waals surface area contributed by atoms with E-state index < -0.39 is 0 Å². The van der Waals surface area contributed by atoms with Gasteiger partial charge >= 0.3 is 0 Å². The summed E-state index contributed by atoms with van der Waals surface area (Å²) in [6.45, 7) is 1.14. The zero-order valence-electron chi connectivity index (χ0n) is 10.4. The predicted octanol–water partition coefficient (Wildman–Crippen LogP) is 4.13. The van der Waals surface area contributed by atoms with Gasteiger partial charge in [0, 0.05) is 14.8 Å². The summed E-state index contributed by atoms with van der Waals surface area (Å²) in [7, 11) is 0. The van der Waals surface area contributed by atoms with Gasteiger partial charge in [-0.1, -0.05) is 23.4 Å². The van der Waals surface area contributed by atoms with Crippen LogP contribution in [0.4, 0.5) is 0 Å². The van der Waals surface area contributed by atoms with Crippen molar-refractivity contribution in [2.45, 2.75) is 9.79 Å². The van der Waals surface area contributed by atoms with Gasteiger partial charge in [0.2, 0.25) is 0 Å². The molecule has 0 unspecified atom stereocenters. The Morgan fingerprint density at radius 1 is 1.05 bits per heavy atom. The summed E-state index contributed by atoms with van der Waals surface area (Å²) in [5, 5.41) is 9.71. The first-order valence-corrected chi connectivity index (χ1v) is 7.23. The summed E-state index contributed by atoms with van der Waals surface area (Å²) >= 11 is 7.40. The summed E-state index contributed by atoms with van der Waals surface area (Å²) in [5.74, 6) is 1.51. The number of halogens is 1. The van der Waals surface area contributed by atoms with Crippen molar-refractivity contribution in [3.63, 3.8) is 0 Å². The van der Waals surface area contributed by atoms with Crippen LogP contribution < -0.4 is 9.47 Å². The Hall–Kier alpha value is -1.83. The van der Waals surface area contributed by atoms with Crippen molar-refractivity contribution in [3.8, 4) is 17.6 Å². The molecule has 0 radical (unpaired) electrons. The van der Waals surface area contributed by atoms with E-state index in [1.54, 1.807) is 12.1 Å². The van der Waals surface area contributed by atoms with Crippen molar-refractivity contribution < 1.29 is 9.47 Å². The van der Waals surface area contributed by atoms with E-state index in [4.69, 9.17) is 26.3 Å². The van der Waals surface area contributed by atoms with Crippen LogP contribution in [0.2, 0.25) is 5.02 Å². The Morgan fingerprint density at radius 2 is 1.85 bits per heavy atom. The Morgan fingerprint density at radius 3 is 2.65 bits per heavy atom. The van der Waals surface area contributed by atoms with E-state index in [9.17, 15) is 0 Å². The molecule has 0 N–H and O–H groups in total. The molecule has 0 aromatic heterocycles. The van der Waals surface area contributed by atoms with Gasteiger partial charge in [0.05, 0.1) is 5.56 Å². The number of nitriles is 1. The maximum atomic E-state index is 9.15. The van der Waals surface area contributed by atoms with E-state index in [1.807, 2.05) is 24.3 Å². The van der Waals surface area contributed by atoms with Crippen LogP contribution in [0.15, 0.2) is 46.2 Å².